The molecule has 0 saturated carbocycles. The van der Waals surface area contributed by atoms with Crippen LogP contribution in [0, 0.1) is 0 Å². The Bertz CT molecular complexity index is 335. The Morgan fingerprint density at radius 1 is 1.06 bits per heavy atom. The first-order valence-electron chi connectivity index (χ1n) is 4.85. The molecule has 2 rings (SSSR count). The highest BCUT2D eigenvalue weighted by molar-refractivity contribution is 7.47. The molecule has 10 heteroatoms. The Kier molecular flexibility index (Phi) is 3.56. The molecule has 2 fully saturated rings. The van der Waals surface area contributed by atoms with E-state index in [1.54, 1.807) is 0 Å². The normalized spacial score (nSPS) is 56.1. The summed E-state index contributed by atoms with van der Waals surface area (Å²) in [5.41, 5.74) is 0. The topological polar surface area (TPSA) is 146 Å². The first kappa shape index (κ1) is 13.3. The summed E-state index contributed by atoms with van der Waals surface area (Å²) in [7, 11) is -4.16. The van der Waals surface area contributed by atoms with Gasteiger partial charge in [0.05, 0.1) is 6.61 Å². The molecule has 0 aromatic rings. The number of phosphoric ester groups is 1. The molecule has 0 aromatic carbocycles. The van der Waals surface area contributed by atoms with Gasteiger partial charge in [0.1, 0.15) is 30.5 Å². The van der Waals surface area contributed by atoms with E-state index in [0.717, 1.165) is 0 Å². The molecule has 9 nitrogen and oxygen atoms in total. The number of ether oxygens (including phenoxy) is 1. The first-order chi connectivity index (χ1) is 7.82. The van der Waals surface area contributed by atoms with E-state index < -0.39 is 44.6 Å². The predicted molar refractivity (Wildman–Crippen MR) is 49.6 cm³/mol. The van der Waals surface area contributed by atoms with Gasteiger partial charge >= 0.3 is 7.82 Å². The third kappa shape index (κ3) is 2.53. The van der Waals surface area contributed by atoms with Crippen molar-refractivity contribution in [2.75, 3.05) is 6.61 Å². The number of rotatable bonds is 1. The molecule has 0 radical (unpaired) electrons. The third-order valence-electron chi connectivity index (χ3n) is 2.66. The van der Waals surface area contributed by atoms with Crippen molar-refractivity contribution < 1.29 is 43.7 Å². The monoisotopic (exact) mass is 272 g/mol. The molecule has 2 saturated heterocycles. The van der Waals surface area contributed by atoms with Crippen LogP contribution in [0.4, 0.5) is 0 Å². The van der Waals surface area contributed by atoms with Crippen molar-refractivity contribution in [3.05, 3.63) is 0 Å². The van der Waals surface area contributed by atoms with Crippen molar-refractivity contribution in [1.82, 2.24) is 0 Å². The van der Waals surface area contributed by atoms with Gasteiger partial charge in [-0.25, -0.2) is 4.57 Å². The fourth-order valence-electron chi connectivity index (χ4n) is 1.75. The molecule has 0 bridgehead atoms. The van der Waals surface area contributed by atoms with E-state index >= 15 is 0 Å². The van der Waals surface area contributed by atoms with Gasteiger partial charge in [-0.15, -0.1) is 0 Å². The summed E-state index contributed by atoms with van der Waals surface area (Å²) in [6, 6.07) is 0. The van der Waals surface area contributed by atoms with E-state index in [2.05, 4.69) is 9.05 Å². The van der Waals surface area contributed by atoms with Crippen LogP contribution in [0.2, 0.25) is 0 Å². The van der Waals surface area contributed by atoms with Crippen molar-refractivity contribution >= 4 is 7.82 Å². The van der Waals surface area contributed by atoms with Crippen LogP contribution in [0.1, 0.15) is 0 Å². The van der Waals surface area contributed by atoms with Crippen LogP contribution >= 0.6 is 7.82 Å². The smallest absolute Gasteiger partial charge is 0.387 e. The second-order valence-corrected chi connectivity index (χ2v) is 5.28. The van der Waals surface area contributed by atoms with E-state index in [0.29, 0.717) is 0 Å². The minimum atomic E-state index is -4.16. The summed E-state index contributed by atoms with van der Waals surface area (Å²) in [6.45, 7) is -0.328. The lowest BCUT2D eigenvalue weighted by molar-refractivity contribution is -0.293. The van der Waals surface area contributed by atoms with Crippen LogP contribution in [0.15, 0.2) is 0 Å². The van der Waals surface area contributed by atoms with E-state index in [-0.39, 0.29) is 6.61 Å². The van der Waals surface area contributed by atoms with E-state index in [1.807, 2.05) is 0 Å². The highest BCUT2D eigenvalue weighted by Gasteiger charge is 2.50. The minimum absolute atomic E-state index is 0.328. The Morgan fingerprint density at radius 3 is 2.24 bits per heavy atom. The Labute approximate surface area is 95.8 Å². The molecular weight excluding hydrogens is 259 g/mol. The molecular formula is C7H13O9P. The maximum absolute atomic E-state index is 11.0. The maximum atomic E-state index is 11.0. The summed E-state index contributed by atoms with van der Waals surface area (Å²) >= 11 is 0. The lowest BCUT2D eigenvalue weighted by Crippen LogP contribution is -2.60. The van der Waals surface area contributed by atoms with Crippen molar-refractivity contribution in [3.8, 4) is 0 Å². The summed E-state index contributed by atoms with van der Waals surface area (Å²) in [5.74, 6) is 0. The molecule has 17 heavy (non-hydrogen) atoms. The van der Waals surface area contributed by atoms with Gasteiger partial charge in [-0.05, 0) is 0 Å². The second-order valence-electron chi connectivity index (χ2n) is 3.87. The lowest BCUT2D eigenvalue weighted by Gasteiger charge is -2.39. The molecule has 2 heterocycles. The number of hydrogen-bond donors (Lipinski definition) is 5. The fourth-order valence-corrected chi connectivity index (χ4v) is 2.67. The van der Waals surface area contributed by atoms with Gasteiger partial charge in [0.25, 0.3) is 0 Å². The number of hydrogen-bond acceptors (Lipinski definition) is 8. The van der Waals surface area contributed by atoms with Crippen LogP contribution in [0.5, 0.6) is 0 Å². The Balaban J connectivity index is 2.09. The van der Waals surface area contributed by atoms with Crippen LogP contribution in [0.25, 0.3) is 0 Å². The zero-order valence-corrected chi connectivity index (χ0v) is 9.38. The second kappa shape index (κ2) is 4.54. The van der Waals surface area contributed by atoms with Gasteiger partial charge in [-0.2, -0.15) is 0 Å². The van der Waals surface area contributed by atoms with Gasteiger partial charge in [0, 0.05) is 0 Å². The molecule has 5 N–H and O–H groups in total. The molecule has 2 unspecified atom stereocenters. The van der Waals surface area contributed by atoms with Gasteiger partial charge in [0.2, 0.25) is 0 Å². The molecule has 0 aromatic heterocycles. The summed E-state index contributed by atoms with van der Waals surface area (Å²) in [4.78, 5) is 8.97. The quantitative estimate of drug-likeness (QED) is 0.322. The van der Waals surface area contributed by atoms with Crippen molar-refractivity contribution in [2.45, 2.75) is 36.8 Å². The summed E-state index contributed by atoms with van der Waals surface area (Å²) < 4.78 is 24.8. The van der Waals surface area contributed by atoms with Crippen LogP contribution in [0.3, 0.4) is 0 Å². The van der Waals surface area contributed by atoms with Crippen molar-refractivity contribution in [3.63, 3.8) is 0 Å². The number of aliphatic hydroxyl groups is 4. The van der Waals surface area contributed by atoms with Crippen molar-refractivity contribution in [1.29, 1.82) is 0 Å². The van der Waals surface area contributed by atoms with Crippen LogP contribution in [-0.2, 0) is 18.3 Å². The average molecular weight is 272 g/mol. The van der Waals surface area contributed by atoms with Crippen molar-refractivity contribution in [2.24, 2.45) is 0 Å². The van der Waals surface area contributed by atoms with Crippen LogP contribution in [-0.4, -0.2) is 68.7 Å². The summed E-state index contributed by atoms with van der Waals surface area (Å²) in [6.07, 6.45) is -8.99. The molecule has 7 atom stereocenters. The molecule has 2 aliphatic heterocycles. The van der Waals surface area contributed by atoms with Gasteiger partial charge < -0.3 is 30.1 Å². The maximum Gasteiger partial charge on any atom is 0.472 e. The molecule has 100 valence electrons. The SMILES string of the molecule is O=P1(O)OC[C@@H]([C@H]2OC(O)[C@H](O)[C@@H](O)[C@@H]2O)O1. The molecule has 0 spiro atoms. The highest BCUT2D eigenvalue weighted by atomic mass is 31.2. The average Bonchev–Trinajstić information content (AvgIpc) is 2.61. The Hall–Kier alpha value is -0.0900. The van der Waals surface area contributed by atoms with Gasteiger partial charge in [-0.3, -0.25) is 9.05 Å². The lowest BCUT2D eigenvalue weighted by atomic mass is 9.96. The molecule has 2 aliphatic rings. The highest BCUT2D eigenvalue weighted by Crippen LogP contribution is 2.51. The zero-order valence-electron chi connectivity index (χ0n) is 8.49. The Morgan fingerprint density at radius 2 is 1.71 bits per heavy atom. The summed E-state index contributed by atoms with van der Waals surface area (Å²) in [5, 5.41) is 37.5. The third-order valence-corrected chi connectivity index (χ3v) is 3.67. The minimum Gasteiger partial charge on any atom is -0.387 e. The van der Waals surface area contributed by atoms with Crippen LogP contribution < -0.4 is 0 Å². The first-order valence-corrected chi connectivity index (χ1v) is 6.35. The van der Waals surface area contributed by atoms with E-state index in [4.69, 9.17) is 9.63 Å². The van der Waals surface area contributed by atoms with Gasteiger partial charge in [0.15, 0.2) is 6.29 Å². The number of aliphatic hydroxyl groups excluding tert-OH is 4. The zero-order chi connectivity index (χ0) is 12.8. The fraction of sp³-hybridized carbons (Fsp3) is 1.00. The molecule has 0 aliphatic carbocycles. The van der Waals surface area contributed by atoms with E-state index in [1.165, 1.54) is 0 Å². The number of phosphoric acid groups is 1. The standard InChI is InChI=1S/C7H13O9P/c8-3-4(9)6(15-7(11)5(3)10)2-1-14-17(12,13)16-2/h2-11H,1H2,(H,12,13)/t2-,3-,4-,5+,6+,7?/m0/s1. The predicted octanol–water partition coefficient (Wildman–Crippen LogP) is -2.70. The van der Waals surface area contributed by atoms with E-state index in [9.17, 15) is 25.0 Å². The largest absolute Gasteiger partial charge is 0.472 e. The van der Waals surface area contributed by atoms with Gasteiger partial charge in [-0.1, -0.05) is 0 Å². The molecule has 0 amide bonds.